The van der Waals surface area contributed by atoms with E-state index in [2.05, 4.69) is 5.32 Å². The number of ether oxygens (including phenoxy) is 3. The lowest BCUT2D eigenvalue weighted by Gasteiger charge is -2.18. The van der Waals surface area contributed by atoms with E-state index in [1.807, 2.05) is 6.07 Å². The van der Waals surface area contributed by atoms with E-state index in [1.54, 1.807) is 31.2 Å². The van der Waals surface area contributed by atoms with Gasteiger partial charge in [0.15, 0.2) is 17.6 Å². The molecule has 1 aliphatic heterocycles. The first kappa shape index (κ1) is 20.0. The van der Waals surface area contributed by atoms with Crippen LogP contribution >= 0.6 is 11.8 Å². The van der Waals surface area contributed by atoms with Crippen molar-refractivity contribution in [2.45, 2.75) is 24.8 Å². The van der Waals surface area contributed by atoms with Gasteiger partial charge < -0.3 is 19.5 Å². The van der Waals surface area contributed by atoms with Gasteiger partial charge in [0, 0.05) is 10.6 Å². The molecule has 1 unspecified atom stereocenters. The lowest BCUT2D eigenvalue weighted by Crippen LogP contribution is -2.30. The third-order valence-electron chi connectivity index (χ3n) is 3.99. The van der Waals surface area contributed by atoms with Crippen molar-refractivity contribution in [3.63, 3.8) is 0 Å². The Labute approximate surface area is 166 Å². The van der Waals surface area contributed by atoms with Crippen molar-refractivity contribution in [3.05, 3.63) is 47.8 Å². The molecule has 0 aromatic heterocycles. The molecular formula is C20H20FNO5S. The predicted octanol–water partition coefficient (Wildman–Crippen LogP) is 3.57. The van der Waals surface area contributed by atoms with Crippen molar-refractivity contribution < 1.29 is 28.2 Å². The number of hydrogen-bond acceptors (Lipinski definition) is 6. The van der Waals surface area contributed by atoms with Crippen LogP contribution in [0.4, 0.5) is 10.1 Å². The van der Waals surface area contributed by atoms with Gasteiger partial charge in [-0.1, -0.05) is 6.07 Å². The van der Waals surface area contributed by atoms with E-state index in [4.69, 9.17) is 14.2 Å². The molecule has 8 heteroatoms. The van der Waals surface area contributed by atoms with Crippen LogP contribution in [0.3, 0.4) is 0 Å². The van der Waals surface area contributed by atoms with E-state index in [0.29, 0.717) is 36.0 Å². The van der Waals surface area contributed by atoms with E-state index in [9.17, 15) is 14.0 Å². The maximum absolute atomic E-state index is 13.6. The first-order valence-electron chi connectivity index (χ1n) is 8.71. The number of carbonyl (C=O) groups is 2. The molecule has 1 heterocycles. The number of aryl methyl sites for hydroxylation is 1. The first-order chi connectivity index (χ1) is 13.4. The van der Waals surface area contributed by atoms with E-state index in [-0.39, 0.29) is 5.75 Å². The fourth-order valence-corrected chi connectivity index (χ4v) is 3.16. The van der Waals surface area contributed by atoms with E-state index in [1.165, 1.54) is 24.8 Å². The van der Waals surface area contributed by atoms with Crippen LogP contribution in [0, 0.1) is 12.7 Å². The largest absolute Gasteiger partial charge is 0.486 e. The summed E-state index contributed by atoms with van der Waals surface area (Å²) < 4.78 is 29.7. The van der Waals surface area contributed by atoms with Crippen LogP contribution < -0.4 is 14.8 Å². The average Bonchev–Trinajstić information content (AvgIpc) is 2.69. The Morgan fingerprint density at radius 2 is 1.93 bits per heavy atom. The van der Waals surface area contributed by atoms with Gasteiger partial charge in [-0.3, -0.25) is 9.59 Å². The molecule has 0 spiro atoms. The second kappa shape index (κ2) is 8.97. The maximum atomic E-state index is 13.6. The molecule has 3 rings (SSSR count). The summed E-state index contributed by atoms with van der Waals surface area (Å²) in [7, 11) is 0. The van der Waals surface area contributed by atoms with E-state index in [0.717, 1.165) is 4.90 Å². The van der Waals surface area contributed by atoms with Crippen molar-refractivity contribution >= 4 is 29.3 Å². The van der Waals surface area contributed by atoms with Crippen molar-refractivity contribution in [2.75, 3.05) is 24.3 Å². The molecule has 1 aliphatic rings. The van der Waals surface area contributed by atoms with Crippen LogP contribution in [0.2, 0.25) is 0 Å². The second-order valence-electron chi connectivity index (χ2n) is 6.18. The Morgan fingerprint density at radius 1 is 1.18 bits per heavy atom. The van der Waals surface area contributed by atoms with Crippen LogP contribution in [0.25, 0.3) is 0 Å². The molecule has 148 valence electrons. The highest BCUT2D eigenvalue weighted by molar-refractivity contribution is 8.00. The van der Waals surface area contributed by atoms with Gasteiger partial charge in [0.2, 0.25) is 0 Å². The molecule has 0 fully saturated rings. The van der Waals surface area contributed by atoms with Crippen LogP contribution in [0.1, 0.15) is 12.5 Å². The fraction of sp³-hybridized carbons (Fsp3) is 0.300. The van der Waals surface area contributed by atoms with Gasteiger partial charge in [-0.25, -0.2) is 4.39 Å². The van der Waals surface area contributed by atoms with Crippen LogP contribution in [-0.2, 0) is 14.3 Å². The Morgan fingerprint density at radius 3 is 2.68 bits per heavy atom. The molecule has 2 aromatic rings. The summed E-state index contributed by atoms with van der Waals surface area (Å²) in [6, 6.07) is 9.79. The molecule has 1 atom stereocenters. The summed E-state index contributed by atoms with van der Waals surface area (Å²) in [5, 5.41) is 2.53. The summed E-state index contributed by atoms with van der Waals surface area (Å²) in [6.07, 6.45) is -1.00. The number of esters is 1. The number of benzene rings is 2. The molecule has 28 heavy (non-hydrogen) atoms. The zero-order chi connectivity index (χ0) is 20.1. The third-order valence-corrected chi connectivity index (χ3v) is 4.95. The van der Waals surface area contributed by atoms with Gasteiger partial charge in [0.1, 0.15) is 19.0 Å². The Bertz CT molecular complexity index is 889. The highest BCUT2D eigenvalue weighted by Crippen LogP contribution is 2.34. The van der Waals surface area contributed by atoms with E-state index >= 15 is 0 Å². The van der Waals surface area contributed by atoms with Gasteiger partial charge in [-0.2, -0.15) is 0 Å². The van der Waals surface area contributed by atoms with Gasteiger partial charge in [-0.05, 0) is 49.7 Å². The van der Waals surface area contributed by atoms with Gasteiger partial charge in [0.05, 0.1) is 5.75 Å². The number of carbonyl (C=O) groups excluding carboxylic acids is 2. The molecule has 2 aromatic carbocycles. The number of halogens is 1. The highest BCUT2D eigenvalue weighted by atomic mass is 32.2. The zero-order valence-electron chi connectivity index (χ0n) is 15.5. The number of thioether (sulfide) groups is 1. The lowest BCUT2D eigenvalue weighted by molar-refractivity contribution is -0.150. The smallest absolute Gasteiger partial charge is 0.317 e. The maximum Gasteiger partial charge on any atom is 0.317 e. The first-order valence-corrected chi connectivity index (χ1v) is 9.70. The van der Waals surface area contributed by atoms with Crippen LogP contribution in [0.5, 0.6) is 11.5 Å². The summed E-state index contributed by atoms with van der Waals surface area (Å²) in [5.74, 6) is -0.119. The standard InChI is InChI=1S/C20H20FNO5S/c1-12-3-4-14(9-16(12)21)22-20(24)13(2)27-19(23)11-28-15-5-6-17-18(10-15)26-8-7-25-17/h3-6,9-10,13H,7-8,11H2,1-2H3,(H,22,24). The summed E-state index contributed by atoms with van der Waals surface area (Å²) in [5.41, 5.74) is 0.787. The lowest BCUT2D eigenvalue weighted by atomic mass is 10.2. The van der Waals surface area contributed by atoms with Crippen molar-refractivity contribution in [2.24, 2.45) is 0 Å². The molecular weight excluding hydrogens is 385 g/mol. The number of rotatable bonds is 6. The number of amides is 1. The Hall–Kier alpha value is -2.74. The number of anilines is 1. The third kappa shape index (κ3) is 5.16. The zero-order valence-corrected chi connectivity index (χ0v) is 16.3. The topological polar surface area (TPSA) is 73.9 Å². The van der Waals surface area contributed by atoms with Gasteiger partial charge >= 0.3 is 5.97 Å². The van der Waals surface area contributed by atoms with Gasteiger partial charge in [-0.15, -0.1) is 11.8 Å². The molecule has 0 bridgehead atoms. The molecule has 0 aliphatic carbocycles. The quantitative estimate of drug-likeness (QED) is 0.585. The molecule has 0 saturated carbocycles. The monoisotopic (exact) mass is 405 g/mol. The number of nitrogens with one attached hydrogen (secondary N) is 1. The molecule has 0 radical (unpaired) electrons. The average molecular weight is 405 g/mol. The number of fused-ring (bicyclic) bond motifs is 1. The fourth-order valence-electron chi connectivity index (χ4n) is 2.45. The van der Waals surface area contributed by atoms with Gasteiger partial charge in [0.25, 0.3) is 5.91 Å². The second-order valence-corrected chi connectivity index (χ2v) is 7.23. The molecule has 6 nitrogen and oxygen atoms in total. The minimum Gasteiger partial charge on any atom is -0.486 e. The Kier molecular flexibility index (Phi) is 6.41. The molecule has 1 N–H and O–H groups in total. The number of hydrogen-bond donors (Lipinski definition) is 1. The Balaban J connectivity index is 1.48. The minimum atomic E-state index is -1.00. The summed E-state index contributed by atoms with van der Waals surface area (Å²) in [6.45, 7) is 4.10. The highest BCUT2D eigenvalue weighted by Gasteiger charge is 2.19. The predicted molar refractivity (Wildman–Crippen MR) is 103 cm³/mol. The molecule has 0 saturated heterocycles. The summed E-state index contributed by atoms with van der Waals surface area (Å²) in [4.78, 5) is 25.0. The normalized spacial score (nSPS) is 13.5. The summed E-state index contributed by atoms with van der Waals surface area (Å²) >= 11 is 1.27. The van der Waals surface area contributed by atoms with Crippen molar-refractivity contribution in [1.82, 2.24) is 0 Å². The minimum absolute atomic E-state index is 0.0381. The van der Waals surface area contributed by atoms with Crippen molar-refractivity contribution in [1.29, 1.82) is 0 Å². The van der Waals surface area contributed by atoms with E-state index < -0.39 is 23.8 Å². The SMILES string of the molecule is Cc1ccc(NC(=O)C(C)OC(=O)CSc2ccc3c(c2)OCCO3)cc1F. The molecule has 1 amide bonds. The van der Waals surface area contributed by atoms with Crippen LogP contribution in [-0.4, -0.2) is 36.9 Å². The van der Waals surface area contributed by atoms with Crippen molar-refractivity contribution in [3.8, 4) is 11.5 Å². The van der Waals surface area contributed by atoms with Crippen LogP contribution in [0.15, 0.2) is 41.3 Å².